The number of ketones is 3. The number of carbonyl (C=O) groups is 3. The summed E-state index contributed by atoms with van der Waals surface area (Å²) in [5, 5.41) is 0. The molecule has 162 valence electrons. The van der Waals surface area contributed by atoms with Crippen molar-refractivity contribution in [1.29, 1.82) is 0 Å². The van der Waals surface area contributed by atoms with Crippen LogP contribution in [0.5, 0.6) is 0 Å². The number of fused-ring (bicyclic) bond motifs is 2. The Morgan fingerprint density at radius 3 is 2.29 bits per heavy atom. The van der Waals surface area contributed by atoms with E-state index in [0.717, 1.165) is 22.9 Å². The Hall–Kier alpha value is -3.07. The van der Waals surface area contributed by atoms with Gasteiger partial charge in [0.1, 0.15) is 28.9 Å². The molecule has 4 rings (SSSR count). The number of rotatable bonds is 6. The monoisotopic (exact) mass is 430 g/mol. The number of halogens is 2. The highest BCUT2D eigenvalue weighted by molar-refractivity contribution is 6.26. The number of carbonyl (C=O) groups excluding carboxylic acids is 3. The van der Waals surface area contributed by atoms with Crippen molar-refractivity contribution in [2.24, 2.45) is 17.8 Å². The molecule has 7 nitrogen and oxygen atoms in total. The summed E-state index contributed by atoms with van der Waals surface area (Å²) in [6, 6.07) is 2.72. The topological polar surface area (TPSA) is 95.3 Å². The molecule has 2 bridgehead atoms. The minimum atomic E-state index is -1.49. The summed E-state index contributed by atoms with van der Waals surface area (Å²) in [7, 11) is 1.41. The second-order valence-corrected chi connectivity index (χ2v) is 7.91. The van der Waals surface area contributed by atoms with Gasteiger partial charge in [0.15, 0.2) is 17.3 Å². The van der Waals surface area contributed by atoms with Crippen LogP contribution in [0.25, 0.3) is 11.4 Å². The minimum absolute atomic E-state index is 0.00701. The van der Waals surface area contributed by atoms with E-state index in [1.807, 2.05) is 0 Å². The summed E-state index contributed by atoms with van der Waals surface area (Å²) >= 11 is 0. The van der Waals surface area contributed by atoms with Gasteiger partial charge in [0.2, 0.25) is 0 Å². The van der Waals surface area contributed by atoms with Gasteiger partial charge >= 0.3 is 0 Å². The summed E-state index contributed by atoms with van der Waals surface area (Å²) in [4.78, 5) is 55.7. The van der Waals surface area contributed by atoms with Crippen molar-refractivity contribution in [3.8, 4) is 11.4 Å². The standard InChI is InChI=1S/C22H20F2N2O5/c1-31-5-4-26-21(13-7-14(23)9-15(24)8-13)25-10-16(22(26)30)20(29)17-18(27)11-2-3-12(6-11)19(17)28/h7-12,17H,2-6H2,1H3. The lowest BCUT2D eigenvalue weighted by atomic mass is 9.75. The number of ether oxygens (including phenoxy) is 1. The Balaban J connectivity index is 1.79. The number of aromatic nitrogens is 2. The number of nitrogens with zero attached hydrogens (tertiary/aromatic N) is 2. The largest absolute Gasteiger partial charge is 0.383 e. The lowest BCUT2D eigenvalue weighted by molar-refractivity contribution is -0.137. The maximum atomic E-state index is 13.7. The zero-order chi connectivity index (χ0) is 22.3. The van der Waals surface area contributed by atoms with E-state index in [1.165, 1.54) is 7.11 Å². The molecule has 2 atom stereocenters. The smallest absolute Gasteiger partial charge is 0.264 e. The van der Waals surface area contributed by atoms with E-state index < -0.39 is 46.0 Å². The second-order valence-electron chi connectivity index (χ2n) is 7.91. The number of benzene rings is 1. The van der Waals surface area contributed by atoms with Crippen molar-refractivity contribution < 1.29 is 27.9 Å². The number of Topliss-reactive ketones (excluding diaryl/α,β-unsaturated/α-hetero) is 3. The van der Waals surface area contributed by atoms with Gasteiger partial charge in [-0.2, -0.15) is 0 Å². The van der Waals surface area contributed by atoms with Crippen LogP contribution >= 0.6 is 0 Å². The Bertz CT molecular complexity index is 1100. The summed E-state index contributed by atoms with van der Waals surface area (Å²) in [5.74, 6) is -5.68. The fourth-order valence-electron chi connectivity index (χ4n) is 4.49. The molecule has 1 heterocycles. The van der Waals surface area contributed by atoms with E-state index >= 15 is 0 Å². The van der Waals surface area contributed by atoms with Crippen molar-refractivity contribution in [1.82, 2.24) is 9.55 Å². The third kappa shape index (κ3) is 3.74. The van der Waals surface area contributed by atoms with E-state index in [1.54, 1.807) is 0 Å². The number of hydrogen-bond acceptors (Lipinski definition) is 6. The molecule has 9 heteroatoms. The van der Waals surface area contributed by atoms with Crippen molar-refractivity contribution >= 4 is 17.3 Å². The molecule has 2 unspecified atom stereocenters. The van der Waals surface area contributed by atoms with E-state index in [4.69, 9.17) is 4.74 Å². The first-order chi connectivity index (χ1) is 14.8. The summed E-state index contributed by atoms with van der Waals surface area (Å²) in [5.41, 5.74) is -1.19. The summed E-state index contributed by atoms with van der Waals surface area (Å²) < 4.78 is 33.5. The lowest BCUT2D eigenvalue weighted by Gasteiger charge is -2.24. The third-order valence-electron chi connectivity index (χ3n) is 6.02. The molecule has 2 aliphatic rings. The molecule has 0 N–H and O–H groups in total. The number of methoxy groups -OCH3 is 1. The van der Waals surface area contributed by atoms with Crippen molar-refractivity contribution in [3.05, 3.63) is 51.9 Å². The van der Waals surface area contributed by atoms with Gasteiger partial charge in [-0.05, 0) is 31.4 Å². The Labute approximate surface area is 176 Å². The molecule has 31 heavy (non-hydrogen) atoms. The molecule has 0 radical (unpaired) electrons. The lowest BCUT2D eigenvalue weighted by Crippen LogP contribution is -2.43. The van der Waals surface area contributed by atoms with Crippen LogP contribution in [0.4, 0.5) is 8.78 Å². The first-order valence-corrected chi connectivity index (χ1v) is 9.98. The van der Waals surface area contributed by atoms with E-state index in [0.29, 0.717) is 25.3 Å². The average molecular weight is 430 g/mol. The van der Waals surface area contributed by atoms with Crippen molar-refractivity contribution in [3.63, 3.8) is 0 Å². The predicted octanol–water partition coefficient (Wildman–Crippen LogP) is 2.20. The molecule has 0 spiro atoms. The molecule has 0 amide bonds. The highest BCUT2D eigenvalue weighted by Gasteiger charge is 2.50. The molecule has 1 aromatic carbocycles. The Morgan fingerprint density at radius 1 is 1.10 bits per heavy atom. The van der Waals surface area contributed by atoms with Crippen molar-refractivity contribution in [2.45, 2.75) is 25.8 Å². The number of hydrogen-bond donors (Lipinski definition) is 0. The molecular formula is C22H20F2N2O5. The predicted molar refractivity (Wildman–Crippen MR) is 104 cm³/mol. The minimum Gasteiger partial charge on any atom is -0.383 e. The van der Waals surface area contributed by atoms with Crippen LogP contribution in [0.3, 0.4) is 0 Å². The van der Waals surface area contributed by atoms with Gasteiger partial charge in [-0.25, -0.2) is 13.8 Å². The fraction of sp³-hybridized carbons (Fsp3) is 0.409. The van der Waals surface area contributed by atoms with Gasteiger partial charge in [-0.1, -0.05) is 0 Å². The Kier molecular flexibility index (Phi) is 5.62. The first kappa shape index (κ1) is 21.2. The van der Waals surface area contributed by atoms with Crippen LogP contribution in [0.2, 0.25) is 0 Å². The van der Waals surface area contributed by atoms with Crippen LogP contribution in [0, 0.1) is 29.4 Å². The highest BCUT2D eigenvalue weighted by atomic mass is 19.1. The quantitative estimate of drug-likeness (QED) is 0.515. The van der Waals surface area contributed by atoms with Crippen LogP contribution in [0.15, 0.2) is 29.2 Å². The van der Waals surface area contributed by atoms with E-state index in [9.17, 15) is 28.0 Å². The maximum Gasteiger partial charge on any atom is 0.264 e. The normalized spacial score (nSPS) is 22.7. The van der Waals surface area contributed by atoms with Gasteiger partial charge < -0.3 is 4.74 Å². The van der Waals surface area contributed by atoms with Gasteiger partial charge in [0.25, 0.3) is 5.56 Å². The molecular weight excluding hydrogens is 410 g/mol. The molecule has 0 aliphatic heterocycles. The fourth-order valence-corrected chi connectivity index (χ4v) is 4.49. The van der Waals surface area contributed by atoms with Crippen LogP contribution < -0.4 is 5.56 Å². The van der Waals surface area contributed by atoms with Gasteiger partial charge in [0.05, 0.1) is 13.2 Å². The van der Waals surface area contributed by atoms with Gasteiger partial charge in [0, 0.05) is 36.8 Å². The SMILES string of the molecule is COCCn1c(-c2cc(F)cc(F)c2)ncc(C(=O)C2C(=O)C3CCC(C3)C2=O)c1=O. The Morgan fingerprint density at radius 2 is 1.71 bits per heavy atom. The van der Waals surface area contributed by atoms with Gasteiger partial charge in [-0.15, -0.1) is 0 Å². The first-order valence-electron chi connectivity index (χ1n) is 9.98. The second kappa shape index (κ2) is 8.22. The zero-order valence-corrected chi connectivity index (χ0v) is 16.8. The van der Waals surface area contributed by atoms with Crippen LogP contribution in [-0.2, 0) is 20.9 Å². The zero-order valence-electron chi connectivity index (χ0n) is 16.8. The summed E-state index contributed by atoms with van der Waals surface area (Å²) in [6.07, 6.45) is 2.57. The average Bonchev–Trinajstić information content (AvgIpc) is 3.18. The molecule has 2 fully saturated rings. The van der Waals surface area contributed by atoms with Crippen LogP contribution in [0.1, 0.15) is 29.6 Å². The van der Waals surface area contributed by atoms with Crippen molar-refractivity contribution in [2.75, 3.05) is 13.7 Å². The molecule has 2 saturated carbocycles. The van der Waals surface area contributed by atoms with Crippen LogP contribution in [-0.4, -0.2) is 40.6 Å². The van der Waals surface area contributed by atoms with E-state index in [-0.39, 0.29) is 36.4 Å². The molecule has 0 saturated heterocycles. The third-order valence-corrected chi connectivity index (χ3v) is 6.02. The molecule has 2 aliphatic carbocycles. The maximum absolute atomic E-state index is 13.7. The summed E-state index contributed by atoms with van der Waals surface area (Å²) in [6.45, 7) is 0.0181. The molecule has 2 aromatic rings. The highest BCUT2D eigenvalue weighted by Crippen LogP contribution is 2.41. The van der Waals surface area contributed by atoms with E-state index in [2.05, 4.69) is 4.98 Å². The molecule has 1 aromatic heterocycles. The van der Waals surface area contributed by atoms with Gasteiger partial charge in [-0.3, -0.25) is 23.7 Å².